The Bertz CT molecular complexity index is 757. The van der Waals surface area contributed by atoms with Crippen LogP contribution in [0.4, 0.5) is 10.3 Å². The molecule has 0 saturated heterocycles. The summed E-state index contributed by atoms with van der Waals surface area (Å²) in [5, 5.41) is 0. The maximum absolute atomic E-state index is 13.5. The highest BCUT2D eigenvalue weighted by Gasteiger charge is 2.12. The maximum Gasteiger partial charge on any atom is 0.201 e. The van der Waals surface area contributed by atoms with Crippen molar-refractivity contribution >= 4 is 17.0 Å². The summed E-state index contributed by atoms with van der Waals surface area (Å²) in [5.41, 5.74) is 7.84. The SMILES string of the molecule is Cc1ccc(Cn2c(N)nc3cc(F)c(C)cc32)o1. The van der Waals surface area contributed by atoms with Gasteiger partial charge in [0.1, 0.15) is 17.3 Å². The molecule has 0 saturated carbocycles. The van der Waals surface area contributed by atoms with Gasteiger partial charge < -0.3 is 14.7 Å². The van der Waals surface area contributed by atoms with Gasteiger partial charge in [-0.25, -0.2) is 9.37 Å². The van der Waals surface area contributed by atoms with Gasteiger partial charge in [-0.05, 0) is 37.6 Å². The van der Waals surface area contributed by atoms with Crippen LogP contribution in [0.15, 0.2) is 28.7 Å². The number of benzene rings is 1. The van der Waals surface area contributed by atoms with Gasteiger partial charge in [-0.3, -0.25) is 0 Å². The topological polar surface area (TPSA) is 57.0 Å². The molecule has 2 aromatic heterocycles. The van der Waals surface area contributed by atoms with Crippen LogP contribution in [0.3, 0.4) is 0 Å². The third kappa shape index (κ3) is 1.97. The van der Waals surface area contributed by atoms with Crippen LogP contribution in [0.5, 0.6) is 0 Å². The number of furan rings is 1. The molecular formula is C14H14FN3O. The molecule has 19 heavy (non-hydrogen) atoms. The predicted molar refractivity (Wildman–Crippen MR) is 71.4 cm³/mol. The van der Waals surface area contributed by atoms with Crippen LogP contribution in [0.1, 0.15) is 17.1 Å². The molecule has 3 rings (SSSR count). The molecule has 5 heteroatoms. The fourth-order valence-corrected chi connectivity index (χ4v) is 2.16. The van der Waals surface area contributed by atoms with Crippen molar-refractivity contribution in [3.05, 3.63) is 47.2 Å². The molecule has 0 aliphatic rings. The molecule has 0 unspecified atom stereocenters. The molecule has 0 bridgehead atoms. The number of hydrogen-bond acceptors (Lipinski definition) is 3. The Morgan fingerprint density at radius 1 is 1.32 bits per heavy atom. The van der Waals surface area contributed by atoms with Crippen molar-refractivity contribution in [3.63, 3.8) is 0 Å². The Morgan fingerprint density at radius 3 is 2.79 bits per heavy atom. The Kier molecular flexibility index (Phi) is 2.55. The van der Waals surface area contributed by atoms with Crippen LogP contribution in [-0.2, 0) is 6.54 Å². The first-order valence-corrected chi connectivity index (χ1v) is 6.02. The third-order valence-corrected chi connectivity index (χ3v) is 3.17. The number of rotatable bonds is 2. The quantitative estimate of drug-likeness (QED) is 0.769. The van der Waals surface area contributed by atoms with Crippen LogP contribution >= 0.6 is 0 Å². The summed E-state index contributed by atoms with van der Waals surface area (Å²) in [7, 11) is 0. The summed E-state index contributed by atoms with van der Waals surface area (Å²) in [4.78, 5) is 4.18. The van der Waals surface area contributed by atoms with Crippen molar-refractivity contribution in [2.45, 2.75) is 20.4 Å². The van der Waals surface area contributed by atoms with E-state index in [2.05, 4.69) is 4.98 Å². The number of nitrogens with zero attached hydrogens (tertiary/aromatic N) is 2. The van der Waals surface area contributed by atoms with Crippen molar-refractivity contribution in [2.75, 3.05) is 5.73 Å². The highest BCUT2D eigenvalue weighted by molar-refractivity contribution is 5.79. The largest absolute Gasteiger partial charge is 0.464 e. The van der Waals surface area contributed by atoms with E-state index in [0.29, 0.717) is 23.6 Å². The monoisotopic (exact) mass is 259 g/mol. The summed E-state index contributed by atoms with van der Waals surface area (Å²) in [6, 6.07) is 6.96. The normalized spacial score (nSPS) is 11.3. The van der Waals surface area contributed by atoms with Crippen LogP contribution < -0.4 is 5.73 Å². The standard InChI is InChI=1S/C14H14FN3O/c1-8-5-13-12(6-11(8)15)17-14(16)18(13)7-10-4-3-9(2)19-10/h3-6H,7H2,1-2H3,(H2,16,17). The van der Waals surface area contributed by atoms with Crippen molar-refractivity contribution < 1.29 is 8.81 Å². The lowest BCUT2D eigenvalue weighted by Crippen LogP contribution is -2.04. The minimum Gasteiger partial charge on any atom is -0.464 e. The van der Waals surface area contributed by atoms with Crippen LogP contribution in [0.25, 0.3) is 11.0 Å². The average molecular weight is 259 g/mol. The first kappa shape index (κ1) is 11.8. The molecule has 0 atom stereocenters. The number of aromatic nitrogens is 2. The molecule has 0 aliphatic carbocycles. The molecule has 0 spiro atoms. The molecule has 4 nitrogen and oxygen atoms in total. The highest BCUT2D eigenvalue weighted by Crippen LogP contribution is 2.23. The Balaban J connectivity index is 2.12. The number of halogens is 1. The fourth-order valence-electron chi connectivity index (χ4n) is 2.16. The Labute approximate surface area is 109 Å². The number of nitrogens with two attached hydrogens (primary N) is 1. The fraction of sp³-hybridized carbons (Fsp3) is 0.214. The van der Waals surface area contributed by atoms with Crippen molar-refractivity contribution in [2.24, 2.45) is 0 Å². The molecule has 0 radical (unpaired) electrons. The molecular weight excluding hydrogens is 245 g/mol. The van der Waals surface area contributed by atoms with Crippen molar-refractivity contribution in [1.82, 2.24) is 9.55 Å². The first-order valence-electron chi connectivity index (χ1n) is 6.02. The summed E-state index contributed by atoms with van der Waals surface area (Å²) < 4.78 is 20.9. The van der Waals surface area contributed by atoms with E-state index in [9.17, 15) is 4.39 Å². The van der Waals surface area contributed by atoms with E-state index in [4.69, 9.17) is 10.2 Å². The molecule has 2 N–H and O–H groups in total. The molecule has 3 aromatic rings. The predicted octanol–water partition coefficient (Wildman–Crippen LogP) is 3.02. The third-order valence-electron chi connectivity index (χ3n) is 3.17. The van der Waals surface area contributed by atoms with E-state index in [-0.39, 0.29) is 5.82 Å². The minimum atomic E-state index is -0.272. The zero-order valence-corrected chi connectivity index (χ0v) is 10.8. The molecule has 98 valence electrons. The van der Waals surface area contributed by atoms with E-state index in [0.717, 1.165) is 17.0 Å². The summed E-state index contributed by atoms with van der Waals surface area (Å²) in [5.74, 6) is 1.73. The number of anilines is 1. The van der Waals surface area contributed by atoms with Gasteiger partial charge in [-0.15, -0.1) is 0 Å². The van der Waals surface area contributed by atoms with Gasteiger partial charge in [0.15, 0.2) is 0 Å². The average Bonchev–Trinajstić information content (AvgIpc) is 2.87. The smallest absolute Gasteiger partial charge is 0.201 e. The van der Waals surface area contributed by atoms with Crippen LogP contribution in [0, 0.1) is 19.7 Å². The second kappa shape index (κ2) is 4.12. The minimum absolute atomic E-state index is 0.272. The van der Waals surface area contributed by atoms with E-state index in [1.165, 1.54) is 6.07 Å². The molecule has 0 aliphatic heterocycles. The van der Waals surface area contributed by atoms with Gasteiger partial charge in [0.2, 0.25) is 5.95 Å². The van der Waals surface area contributed by atoms with E-state index in [1.807, 2.05) is 23.6 Å². The van der Waals surface area contributed by atoms with E-state index >= 15 is 0 Å². The van der Waals surface area contributed by atoms with Crippen molar-refractivity contribution in [1.29, 1.82) is 0 Å². The first-order chi connectivity index (χ1) is 9.04. The lowest BCUT2D eigenvalue weighted by Gasteiger charge is -2.05. The van der Waals surface area contributed by atoms with Gasteiger partial charge in [0.05, 0.1) is 17.6 Å². The van der Waals surface area contributed by atoms with Gasteiger partial charge in [0.25, 0.3) is 0 Å². The van der Waals surface area contributed by atoms with Gasteiger partial charge in [-0.1, -0.05) is 0 Å². The van der Waals surface area contributed by atoms with Gasteiger partial charge in [0, 0.05) is 6.07 Å². The Hall–Kier alpha value is -2.30. The summed E-state index contributed by atoms with van der Waals surface area (Å²) >= 11 is 0. The number of nitrogen functional groups attached to an aromatic ring is 1. The summed E-state index contributed by atoms with van der Waals surface area (Å²) in [6.07, 6.45) is 0. The number of imidazole rings is 1. The van der Waals surface area contributed by atoms with Crippen LogP contribution in [-0.4, -0.2) is 9.55 Å². The molecule has 1 aromatic carbocycles. The number of hydrogen-bond donors (Lipinski definition) is 1. The zero-order valence-electron chi connectivity index (χ0n) is 10.8. The number of aryl methyl sites for hydroxylation is 2. The Morgan fingerprint density at radius 2 is 2.11 bits per heavy atom. The molecule has 0 fully saturated rings. The zero-order chi connectivity index (χ0) is 13.6. The molecule has 2 heterocycles. The van der Waals surface area contributed by atoms with E-state index in [1.54, 1.807) is 13.0 Å². The van der Waals surface area contributed by atoms with E-state index < -0.39 is 0 Å². The highest BCUT2D eigenvalue weighted by atomic mass is 19.1. The molecule has 0 amide bonds. The summed E-state index contributed by atoms with van der Waals surface area (Å²) in [6.45, 7) is 4.10. The lowest BCUT2D eigenvalue weighted by atomic mass is 10.2. The maximum atomic E-state index is 13.5. The van der Waals surface area contributed by atoms with Crippen LogP contribution in [0.2, 0.25) is 0 Å². The van der Waals surface area contributed by atoms with Gasteiger partial charge in [-0.2, -0.15) is 0 Å². The second-order valence-corrected chi connectivity index (χ2v) is 4.66. The van der Waals surface area contributed by atoms with Crippen molar-refractivity contribution in [3.8, 4) is 0 Å². The lowest BCUT2D eigenvalue weighted by molar-refractivity contribution is 0.473. The second-order valence-electron chi connectivity index (χ2n) is 4.66. The number of fused-ring (bicyclic) bond motifs is 1. The van der Waals surface area contributed by atoms with Gasteiger partial charge >= 0.3 is 0 Å².